The van der Waals surface area contributed by atoms with Crippen LogP contribution in [0.4, 0.5) is 0 Å². The quantitative estimate of drug-likeness (QED) is 0.555. The van der Waals surface area contributed by atoms with Crippen LogP contribution < -0.4 is 14.8 Å². The van der Waals surface area contributed by atoms with Gasteiger partial charge in [-0.25, -0.2) is 0 Å². The van der Waals surface area contributed by atoms with Crippen molar-refractivity contribution in [2.75, 3.05) is 19.8 Å². The van der Waals surface area contributed by atoms with E-state index in [-0.39, 0.29) is 30.4 Å². The zero-order valence-corrected chi connectivity index (χ0v) is 17.3. The highest BCUT2D eigenvalue weighted by molar-refractivity contribution is 5.98. The first-order chi connectivity index (χ1) is 15.2. The third kappa shape index (κ3) is 5.31. The predicted molar refractivity (Wildman–Crippen MR) is 119 cm³/mol. The number of benzene rings is 3. The molecule has 0 aromatic heterocycles. The molecule has 5 nitrogen and oxygen atoms in total. The molecule has 3 aromatic rings. The van der Waals surface area contributed by atoms with Gasteiger partial charge in [0.25, 0.3) is 0 Å². The molecule has 0 atom stereocenters. The van der Waals surface area contributed by atoms with Crippen molar-refractivity contribution in [2.24, 2.45) is 0 Å². The molecule has 1 aliphatic heterocycles. The third-order valence-electron chi connectivity index (χ3n) is 5.35. The summed E-state index contributed by atoms with van der Waals surface area (Å²) in [5.74, 6) is 1.06. The van der Waals surface area contributed by atoms with Crippen molar-refractivity contribution in [2.45, 2.75) is 18.8 Å². The molecule has 0 unspecified atom stereocenters. The van der Waals surface area contributed by atoms with Crippen LogP contribution in [0.3, 0.4) is 0 Å². The fraction of sp³-hybridized carbons (Fsp3) is 0.231. The van der Waals surface area contributed by atoms with Crippen LogP contribution in [0.15, 0.2) is 78.9 Å². The van der Waals surface area contributed by atoms with Crippen molar-refractivity contribution in [1.29, 1.82) is 0 Å². The second-order valence-corrected chi connectivity index (χ2v) is 7.46. The van der Waals surface area contributed by atoms with Gasteiger partial charge in [0.1, 0.15) is 13.2 Å². The Morgan fingerprint density at radius 3 is 2.03 bits per heavy atom. The van der Waals surface area contributed by atoms with E-state index in [1.54, 1.807) is 18.2 Å². The molecule has 4 rings (SSSR count). The molecule has 5 heteroatoms. The zero-order chi connectivity index (χ0) is 21.5. The van der Waals surface area contributed by atoms with Crippen LogP contribution >= 0.6 is 0 Å². The molecule has 1 amide bonds. The summed E-state index contributed by atoms with van der Waals surface area (Å²) in [7, 11) is 0. The molecule has 31 heavy (non-hydrogen) atoms. The third-order valence-corrected chi connectivity index (χ3v) is 5.35. The van der Waals surface area contributed by atoms with E-state index >= 15 is 0 Å². The topological polar surface area (TPSA) is 64.6 Å². The summed E-state index contributed by atoms with van der Waals surface area (Å²) in [4.78, 5) is 25.0. The standard InChI is InChI=1S/C26H25NO4/c28-23(21-11-13-24-25(17-21)31-16-15-30-24)12-14-26(29)27-18-22(19-7-3-1-4-8-19)20-9-5-2-6-10-20/h1-11,13,17,22H,12,14-16,18H2,(H,27,29). The van der Waals surface area contributed by atoms with E-state index in [2.05, 4.69) is 29.6 Å². The van der Waals surface area contributed by atoms with Crippen molar-refractivity contribution >= 4 is 11.7 Å². The lowest BCUT2D eigenvalue weighted by atomic mass is 9.91. The van der Waals surface area contributed by atoms with E-state index in [9.17, 15) is 9.59 Å². The van der Waals surface area contributed by atoms with Crippen molar-refractivity contribution in [1.82, 2.24) is 5.32 Å². The Kier molecular flexibility index (Phi) is 6.62. The SMILES string of the molecule is O=C(CCC(=O)c1ccc2c(c1)OCCO2)NCC(c1ccccc1)c1ccccc1. The Bertz CT molecular complexity index is 994. The minimum Gasteiger partial charge on any atom is -0.486 e. The van der Waals surface area contributed by atoms with Crippen LogP contribution in [-0.4, -0.2) is 31.4 Å². The Hall–Kier alpha value is -3.60. The van der Waals surface area contributed by atoms with Gasteiger partial charge in [-0.3, -0.25) is 9.59 Å². The number of nitrogens with one attached hydrogen (secondary N) is 1. The molecular weight excluding hydrogens is 390 g/mol. The fourth-order valence-electron chi connectivity index (χ4n) is 3.69. The second-order valence-electron chi connectivity index (χ2n) is 7.46. The Balaban J connectivity index is 1.34. The summed E-state index contributed by atoms with van der Waals surface area (Å²) in [5, 5.41) is 3.00. The number of rotatable bonds is 8. The smallest absolute Gasteiger partial charge is 0.220 e. The summed E-state index contributed by atoms with van der Waals surface area (Å²) in [5.41, 5.74) is 2.81. The number of hydrogen-bond acceptors (Lipinski definition) is 4. The molecule has 158 valence electrons. The molecule has 0 saturated carbocycles. The van der Waals surface area contributed by atoms with Gasteiger partial charge >= 0.3 is 0 Å². The van der Waals surface area contributed by atoms with Gasteiger partial charge in [0.15, 0.2) is 17.3 Å². The molecule has 0 bridgehead atoms. The van der Waals surface area contributed by atoms with Crippen molar-refractivity contribution in [3.05, 3.63) is 95.6 Å². The molecular formula is C26H25NO4. The molecule has 1 aliphatic rings. The first-order valence-electron chi connectivity index (χ1n) is 10.5. The number of hydrogen-bond donors (Lipinski definition) is 1. The number of fused-ring (bicyclic) bond motifs is 1. The Morgan fingerprint density at radius 1 is 0.774 bits per heavy atom. The van der Waals surface area contributed by atoms with Gasteiger partial charge in [0, 0.05) is 30.9 Å². The highest BCUT2D eigenvalue weighted by Crippen LogP contribution is 2.31. The zero-order valence-electron chi connectivity index (χ0n) is 17.3. The number of ether oxygens (including phenoxy) is 2. The van der Waals surface area contributed by atoms with Gasteiger partial charge in [-0.15, -0.1) is 0 Å². The highest BCUT2D eigenvalue weighted by atomic mass is 16.6. The van der Waals surface area contributed by atoms with Crippen molar-refractivity contribution in [3.63, 3.8) is 0 Å². The number of carbonyl (C=O) groups excluding carboxylic acids is 2. The predicted octanol–water partition coefficient (Wildman–Crippen LogP) is 4.37. The van der Waals surface area contributed by atoms with Crippen molar-refractivity contribution in [3.8, 4) is 11.5 Å². The van der Waals surface area contributed by atoms with E-state index in [0.29, 0.717) is 36.8 Å². The van der Waals surface area contributed by atoms with Gasteiger partial charge in [-0.05, 0) is 29.3 Å². The minimum atomic E-state index is -0.136. The molecule has 0 radical (unpaired) electrons. The average Bonchev–Trinajstić information content (AvgIpc) is 2.83. The fourth-order valence-corrected chi connectivity index (χ4v) is 3.69. The van der Waals surface area contributed by atoms with Crippen LogP contribution in [-0.2, 0) is 4.79 Å². The molecule has 0 spiro atoms. The van der Waals surface area contributed by atoms with Crippen LogP contribution in [0.5, 0.6) is 11.5 Å². The maximum absolute atomic E-state index is 12.5. The van der Waals surface area contributed by atoms with E-state index in [1.165, 1.54) is 0 Å². The van der Waals surface area contributed by atoms with Gasteiger partial charge in [0.2, 0.25) is 5.91 Å². The normalized spacial score (nSPS) is 12.4. The van der Waals surface area contributed by atoms with Crippen molar-refractivity contribution < 1.29 is 19.1 Å². The van der Waals surface area contributed by atoms with Crippen LogP contribution in [0, 0.1) is 0 Å². The molecule has 1 heterocycles. The van der Waals surface area contributed by atoms with E-state index < -0.39 is 0 Å². The lowest BCUT2D eigenvalue weighted by Crippen LogP contribution is -2.29. The van der Waals surface area contributed by atoms with Crippen LogP contribution in [0.1, 0.15) is 40.2 Å². The lowest BCUT2D eigenvalue weighted by molar-refractivity contribution is -0.121. The highest BCUT2D eigenvalue weighted by Gasteiger charge is 2.18. The summed E-state index contributed by atoms with van der Waals surface area (Å²) in [6, 6.07) is 25.4. The minimum absolute atomic E-state index is 0.0554. The summed E-state index contributed by atoms with van der Waals surface area (Å²) in [6.07, 6.45) is 0.288. The van der Waals surface area contributed by atoms with E-state index in [1.807, 2.05) is 36.4 Å². The largest absolute Gasteiger partial charge is 0.486 e. The first kappa shape index (κ1) is 20.7. The Morgan fingerprint density at radius 2 is 1.39 bits per heavy atom. The van der Waals surface area contributed by atoms with E-state index in [0.717, 1.165) is 11.1 Å². The number of carbonyl (C=O) groups is 2. The second kappa shape index (κ2) is 9.94. The van der Waals surface area contributed by atoms with E-state index in [4.69, 9.17) is 9.47 Å². The van der Waals surface area contributed by atoms with Gasteiger partial charge in [-0.1, -0.05) is 60.7 Å². The maximum atomic E-state index is 12.5. The average molecular weight is 415 g/mol. The number of ketones is 1. The molecule has 1 N–H and O–H groups in total. The summed E-state index contributed by atoms with van der Waals surface area (Å²) < 4.78 is 11.0. The number of amides is 1. The lowest BCUT2D eigenvalue weighted by Gasteiger charge is -2.19. The Labute approximate surface area is 182 Å². The van der Waals surface area contributed by atoms with Gasteiger partial charge in [-0.2, -0.15) is 0 Å². The monoisotopic (exact) mass is 415 g/mol. The maximum Gasteiger partial charge on any atom is 0.220 e. The molecule has 0 aliphatic carbocycles. The molecule has 0 fully saturated rings. The number of Topliss-reactive ketones (excluding diaryl/α,β-unsaturated/α-hetero) is 1. The molecule has 3 aromatic carbocycles. The van der Waals surface area contributed by atoms with Gasteiger partial charge < -0.3 is 14.8 Å². The summed E-state index contributed by atoms with van der Waals surface area (Å²) in [6.45, 7) is 1.45. The molecule has 0 saturated heterocycles. The van der Waals surface area contributed by atoms with Crippen LogP contribution in [0.2, 0.25) is 0 Å². The van der Waals surface area contributed by atoms with Crippen LogP contribution in [0.25, 0.3) is 0 Å². The first-order valence-corrected chi connectivity index (χ1v) is 10.5. The summed E-state index contributed by atoms with van der Waals surface area (Å²) >= 11 is 0. The van der Waals surface area contributed by atoms with Gasteiger partial charge in [0.05, 0.1) is 0 Å².